The van der Waals surface area contributed by atoms with E-state index in [2.05, 4.69) is 20.8 Å². The van der Waals surface area contributed by atoms with Crippen molar-refractivity contribution in [2.75, 3.05) is 19.5 Å². The van der Waals surface area contributed by atoms with Gasteiger partial charge in [0.15, 0.2) is 5.78 Å². The first kappa shape index (κ1) is 19.3. The SMILES string of the molecule is COC(=O)C1=C(C(=O)c2ccc(C)cc2)[C@H](c2ccc(OC)cc2)n2nnnc2N1. The van der Waals surface area contributed by atoms with Gasteiger partial charge in [-0.05, 0) is 35.0 Å². The summed E-state index contributed by atoms with van der Waals surface area (Å²) in [7, 11) is 2.82. The number of Topliss-reactive ketones (excluding diaryl/α,β-unsaturated/α-hetero) is 1. The molecule has 0 radical (unpaired) electrons. The zero-order valence-electron chi connectivity index (χ0n) is 16.6. The highest BCUT2D eigenvalue weighted by atomic mass is 16.5. The van der Waals surface area contributed by atoms with Crippen LogP contribution in [0.4, 0.5) is 5.95 Å². The van der Waals surface area contributed by atoms with Crippen LogP contribution in [0.15, 0.2) is 59.8 Å². The lowest BCUT2D eigenvalue weighted by Crippen LogP contribution is -2.32. The van der Waals surface area contributed by atoms with Crippen LogP contribution in [-0.4, -0.2) is 46.2 Å². The maximum atomic E-state index is 13.6. The van der Waals surface area contributed by atoms with Crippen molar-refractivity contribution < 1.29 is 19.1 Å². The van der Waals surface area contributed by atoms with E-state index in [0.29, 0.717) is 16.9 Å². The second-order valence-corrected chi connectivity index (χ2v) is 6.72. The van der Waals surface area contributed by atoms with Crippen molar-refractivity contribution in [2.45, 2.75) is 13.0 Å². The number of aromatic nitrogens is 4. The molecule has 2 heterocycles. The van der Waals surface area contributed by atoms with Crippen LogP contribution in [0.2, 0.25) is 0 Å². The van der Waals surface area contributed by atoms with Crippen molar-refractivity contribution in [1.29, 1.82) is 0 Å². The Hall–Kier alpha value is -4.01. The summed E-state index contributed by atoms with van der Waals surface area (Å²) in [6.07, 6.45) is 0. The first-order valence-corrected chi connectivity index (χ1v) is 9.16. The third kappa shape index (κ3) is 3.30. The number of tetrazole rings is 1. The number of carbonyl (C=O) groups is 2. The van der Waals surface area contributed by atoms with Crippen LogP contribution in [0.25, 0.3) is 0 Å². The lowest BCUT2D eigenvalue weighted by atomic mass is 9.89. The Morgan fingerprint density at radius 1 is 1.03 bits per heavy atom. The van der Waals surface area contributed by atoms with Crippen molar-refractivity contribution in [1.82, 2.24) is 20.2 Å². The molecular formula is C21H19N5O4. The summed E-state index contributed by atoms with van der Waals surface area (Å²) in [6, 6.07) is 13.5. The van der Waals surface area contributed by atoms with Gasteiger partial charge in [0, 0.05) is 5.56 Å². The summed E-state index contributed by atoms with van der Waals surface area (Å²) in [4.78, 5) is 26.2. The largest absolute Gasteiger partial charge is 0.497 e. The molecule has 0 bridgehead atoms. The van der Waals surface area contributed by atoms with Crippen molar-refractivity contribution in [3.63, 3.8) is 0 Å². The third-order valence-electron chi connectivity index (χ3n) is 4.90. The number of ketones is 1. The summed E-state index contributed by atoms with van der Waals surface area (Å²) in [5, 5.41) is 14.5. The number of allylic oxidation sites excluding steroid dienone is 1. The maximum Gasteiger partial charge on any atom is 0.355 e. The predicted octanol–water partition coefficient (Wildman–Crippen LogP) is 2.32. The Morgan fingerprint density at radius 2 is 1.73 bits per heavy atom. The second-order valence-electron chi connectivity index (χ2n) is 6.72. The fourth-order valence-electron chi connectivity index (χ4n) is 3.34. The third-order valence-corrected chi connectivity index (χ3v) is 4.90. The fourth-order valence-corrected chi connectivity index (χ4v) is 3.34. The Balaban J connectivity index is 1.92. The zero-order valence-corrected chi connectivity index (χ0v) is 16.6. The number of rotatable bonds is 5. The molecule has 1 aliphatic heterocycles. The van der Waals surface area contributed by atoms with E-state index in [1.54, 1.807) is 43.5 Å². The van der Waals surface area contributed by atoms with Gasteiger partial charge in [-0.15, -0.1) is 0 Å². The standard InChI is InChI=1S/C21H19N5O4/c1-12-4-6-14(7-5-12)19(27)16-17(20(28)30-3)22-21-23-24-25-26(21)18(16)13-8-10-15(29-2)11-9-13/h4-11,18H,1-3H3,(H,22,23,25)/t18-/m0/s1. The highest BCUT2D eigenvalue weighted by molar-refractivity contribution is 6.14. The van der Waals surface area contributed by atoms with Crippen LogP contribution in [0.1, 0.15) is 27.5 Å². The molecule has 0 saturated carbocycles. The molecule has 3 aromatic rings. The zero-order chi connectivity index (χ0) is 21.3. The number of nitrogens with one attached hydrogen (secondary N) is 1. The van der Waals surface area contributed by atoms with Gasteiger partial charge >= 0.3 is 5.97 Å². The summed E-state index contributed by atoms with van der Waals surface area (Å²) >= 11 is 0. The van der Waals surface area contributed by atoms with Crippen LogP contribution in [-0.2, 0) is 9.53 Å². The second kappa shape index (κ2) is 7.78. The molecule has 0 fully saturated rings. The van der Waals surface area contributed by atoms with Crippen molar-refractivity contribution in [2.24, 2.45) is 0 Å². The fraction of sp³-hybridized carbons (Fsp3) is 0.190. The van der Waals surface area contributed by atoms with Crippen LogP contribution < -0.4 is 10.1 Å². The van der Waals surface area contributed by atoms with Crippen LogP contribution in [0.5, 0.6) is 5.75 Å². The molecule has 0 saturated heterocycles. The monoisotopic (exact) mass is 405 g/mol. The topological polar surface area (TPSA) is 108 Å². The molecule has 1 atom stereocenters. The molecule has 2 aromatic carbocycles. The predicted molar refractivity (Wildman–Crippen MR) is 107 cm³/mol. The Bertz CT molecular complexity index is 1130. The summed E-state index contributed by atoms with van der Waals surface area (Å²) in [6.45, 7) is 1.93. The van der Waals surface area contributed by atoms with E-state index in [1.807, 2.05) is 19.1 Å². The van der Waals surface area contributed by atoms with Gasteiger partial charge in [-0.3, -0.25) is 4.79 Å². The molecule has 0 aliphatic carbocycles. The lowest BCUT2D eigenvalue weighted by molar-refractivity contribution is -0.136. The lowest BCUT2D eigenvalue weighted by Gasteiger charge is -2.28. The van der Waals surface area contributed by atoms with Gasteiger partial charge in [0.05, 0.1) is 19.8 Å². The molecule has 1 aliphatic rings. The molecule has 9 heteroatoms. The molecule has 1 N–H and O–H groups in total. The number of aryl methyl sites for hydroxylation is 1. The molecule has 4 rings (SSSR count). The minimum absolute atomic E-state index is 0.00573. The molecule has 152 valence electrons. The van der Waals surface area contributed by atoms with Gasteiger partial charge in [0.25, 0.3) is 0 Å². The molecular weight excluding hydrogens is 386 g/mol. The first-order valence-electron chi connectivity index (χ1n) is 9.16. The number of anilines is 1. The van der Waals surface area contributed by atoms with Gasteiger partial charge in [-0.1, -0.05) is 47.1 Å². The van der Waals surface area contributed by atoms with Gasteiger partial charge in [-0.2, -0.15) is 4.68 Å². The summed E-state index contributed by atoms with van der Waals surface area (Å²) in [5.41, 5.74) is 2.36. The number of nitrogens with zero attached hydrogens (tertiary/aromatic N) is 4. The molecule has 30 heavy (non-hydrogen) atoms. The summed E-state index contributed by atoms with van der Waals surface area (Å²) < 4.78 is 11.6. The number of hydrogen-bond donors (Lipinski definition) is 1. The van der Waals surface area contributed by atoms with E-state index in [4.69, 9.17) is 9.47 Å². The van der Waals surface area contributed by atoms with E-state index >= 15 is 0 Å². The normalized spacial score (nSPS) is 15.2. The minimum Gasteiger partial charge on any atom is -0.497 e. The average Bonchev–Trinajstić information content (AvgIpc) is 3.26. The number of methoxy groups -OCH3 is 2. The number of fused-ring (bicyclic) bond motifs is 1. The number of benzene rings is 2. The van der Waals surface area contributed by atoms with Gasteiger partial charge < -0.3 is 14.8 Å². The minimum atomic E-state index is -0.731. The molecule has 9 nitrogen and oxygen atoms in total. The van der Waals surface area contributed by atoms with E-state index < -0.39 is 12.0 Å². The highest BCUT2D eigenvalue weighted by Crippen LogP contribution is 2.37. The van der Waals surface area contributed by atoms with Gasteiger partial charge in [0.1, 0.15) is 17.5 Å². The van der Waals surface area contributed by atoms with Crippen LogP contribution in [0.3, 0.4) is 0 Å². The van der Waals surface area contributed by atoms with Crippen LogP contribution in [0, 0.1) is 6.92 Å². The Kier molecular flexibility index (Phi) is 5.01. The first-order chi connectivity index (χ1) is 14.5. The Morgan fingerprint density at radius 3 is 2.37 bits per heavy atom. The maximum absolute atomic E-state index is 13.6. The van der Waals surface area contributed by atoms with E-state index in [9.17, 15) is 9.59 Å². The smallest absolute Gasteiger partial charge is 0.355 e. The van der Waals surface area contributed by atoms with Crippen molar-refractivity contribution >= 4 is 17.7 Å². The number of hydrogen-bond acceptors (Lipinski definition) is 8. The molecule has 0 spiro atoms. The number of carbonyl (C=O) groups excluding carboxylic acids is 2. The average molecular weight is 405 g/mol. The molecule has 0 amide bonds. The molecule has 0 unspecified atom stereocenters. The Labute approximate surface area is 172 Å². The van der Waals surface area contributed by atoms with Gasteiger partial charge in [0.2, 0.25) is 5.95 Å². The van der Waals surface area contributed by atoms with Gasteiger partial charge in [-0.25, -0.2) is 4.79 Å². The van der Waals surface area contributed by atoms with E-state index in [1.165, 1.54) is 11.8 Å². The highest BCUT2D eigenvalue weighted by Gasteiger charge is 2.38. The van der Waals surface area contributed by atoms with Crippen molar-refractivity contribution in [3.8, 4) is 5.75 Å². The van der Waals surface area contributed by atoms with Crippen molar-refractivity contribution in [3.05, 3.63) is 76.5 Å². The quantitative estimate of drug-likeness (QED) is 0.509. The number of esters is 1. The summed E-state index contributed by atoms with van der Waals surface area (Å²) in [5.74, 6) is -0.118. The van der Waals surface area contributed by atoms with Crippen LogP contribution >= 0.6 is 0 Å². The number of ether oxygens (including phenoxy) is 2. The van der Waals surface area contributed by atoms with E-state index in [0.717, 1.165) is 5.56 Å². The van der Waals surface area contributed by atoms with E-state index in [-0.39, 0.29) is 23.0 Å². The molecule has 1 aromatic heterocycles.